The fraction of sp³-hybridized carbons (Fsp3) is 0.457. The second kappa shape index (κ2) is 13.8. The molecule has 2 saturated carbocycles. The van der Waals surface area contributed by atoms with Crippen LogP contribution in [0.4, 0.5) is 26.3 Å². The van der Waals surface area contributed by atoms with Gasteiger partial charge in [0.05, 0.1) is 12.0 Å². The van der Waals surface area contributed by atoms with Crippen molar-refractivity contribution >= 4 is 5.97 Å². The van der Waals surface area contributed by atoms with Crippen molar-refractivity contribution in [2.45, 2.75) is 95.2 Å². The number of hydrogen-bond acceptors (Lipinski definition) is 4. The van der Waals surface area contributed by atoms with E-state index in [9.17, 15) is 37.0 Å². The first-order valence-electron chi connectivity index (χ1n) is 15.5. The normalized spacial score (nSPS) is 22.7. The van der Waals surface area contributed by atoms with E-state index >= 15 is 4.39 Å². The first-order chi connectivity index (χ1) is 21.5. The monoisotopic (exact) mass is 634 g/mol. The Bertz CT molecular complexity index is 1540. The molecule has 242 valence electrons. The van der Waals surface area contributed by atoms with Gasteiger partial charge in [-0.3, -0.25) is 4.79 Å². The highest BCUT2D eigenvalue weighted by atomic mass is 19.2. The summed E-state index contributed by atoms with van der Waals surface area (Å²) in [5.41, 5.74) is -0.652. The highest BCUT2D eigenvalue weighted by molar-refractivity contribution is 5.73. The minimum absolute atomic E-state index is 0.0403. The third-order valence-electron chi connectivity index (χ3n) is 9.42. The number of phenolic OH excluding ortho intramolecular Hbond substituents is 1. The third kappa shape index (κ3) is 6.71. The number of halogens is 6. The molecular formula is C35H36F6O4. The number of carbonyl (C=O) groups is 1. The predicted octanol–water partition coefficient (Wildman–Crippen LogP) is 9.27. The standard InChI is InChI=1S/C35H36F6O4/c1-2-3-27(42)26-15-13-23(30(37)33(26)40)19-8-10-21(11-9-19)45-35(44)20-6-4-18(5-7-20)22-12-14-24(31(38)29(22)36)25-16-17-28(43)34(41)32(25)39/h12-21,27,42-43H,2-11H2,1H3. The molecule has 0 radical (unpaired) electrons. The molecule has 3 aromatic rings. The van der Waals surface area contributed by atoms with Crippen LogP contribution in [-0.2, 0) is 9.53 Å². The topological polar surface area (TPSA) is 66.8 Å². The van der Waals surface area contributed by atoms with Crippen molar-refractivity contribution in [1.82, 2.24) is 0 Å². The van der Waals surface area contributed by atoms with Crippen LogP contribution in [0.15, 0.2) is 36.4 Å². The lowest BCUT2D eigenvalue weighted by Gasteiger charge is -2.32. The molecule has 0 saturated heterocycles. The van der Waals surface area contributed by atoms with E-state index in [-0.39, 0.29) is 40.6 Å². The number of benzene rings is 3. The molecule has 5 rings (SSSR count). The lowest BCUT2D eigenvalue weighted by molar-refractivity contribution is -0.157. The van der Waals surface area contributed by atoms with Crippen molar-refractivity contribution in [2.24, 2.45) is 5.92 Å². The maximum Gasteiger partial charge on any atom is 0.309 e. The van der Waals surface area contributed by atoms with E-state index in [1.54, 1.807) is 0 Å². The fourth-order valence-corrected chi connectivity index (χ4v) is 6.81. The Hall–Kier alpha value is -3.53. The van der Waals surface area contributed by atoms with Crippen LogP contribution in [0, 0.1) is 40.8 Å². The van der Waals surface area contributed by atoms with Crippen molar-refractivity contribution in [3.63, 3.8) is 0 Å². The molecule has 1 atom stereocenters. The van der Waals surface area contributed by atoms with Gasteiger partial charge in [-0.15, -0.1) is 0 Å². The maximum absolute atomic E-state index is 15.1. The summed E-state index contributed by atoms with van der Waals surface area (Å²) in [4.78, 5) is 12.9. The minimum Gasteiger partial charge on any atom is -0.505 e. The Kier molecular flexibility index (Phi) is 10.1. The number of aliphatic hydroxyl groups is 1. The molecule has 0 bridgehead atoms. The van der Waals surface area contributed by atoms with Crippen LogP contribution in [-0.4, -0.2) is 22.3 Å². The summed E-state index contributed by atoms with van der Waals surface area (Å²) in [5, 5.41) is 19.4. The van der Waals surface area contributed by atoms with Crippen LogP contribution >= 0.6 is 0 Å². The van der Waals surface area contributed by atoms with Gasteiger partial charge in [-0.1, -0.05) is 37.6 Å². The largest absolute Gasteiger partial charge is 0.505 e. The summed E-state index contributed by atoms with van der Waals surface area (Å²) in [6.07, 6.45) is 3.19. The summed E-state index contributed by atoms with van der Waals surface area (Å²) in [6, 6.07) is 7.35. The summed E-state index contributed by atoms with van der Waals surface area (Å²) in [6.45, 7) is 1.85. The third-order valence-corrected chi connectivity index (χ3v) is 9.42. The van der Waals surface area contributed by atoms with Gasteiger partial charge < -0.3 is 14.9 Å². The molecule has 0 aromatic heterocycles. The van der Waals surface area contributed by atoms with Crippen LogP contribution < -0.4 is 0 Å². The first-order valence-corrected chi connectivity index (χ1v) is 15.5. The van der Waals surface area contributed by atoms with Gasteiger partial charge in [0.25, 0.3) is 0 Å². The van der Waals surface area contributed by atoms with Gasteiger partial charge in [-0.25, -0.2) is 22.0 Å². The highest BCUT2D eigenvalue weighted by Crippen LogP contribution is 2.42. The van der Waals surface area contributed by atoms with Gasteiger partial charge in [-0.05, 0) is 92.9 Å². The van der Waals surface area contributed by atoms with Crippen LogP contribution in [0.3, 0.4) is 0 Å². The van der Waals surface area contributed by atoms with Gasteiger partial charge in [0.15, 0.2) is 34.8 Å². The van der Waals surface area contributed by atoms with E-state index in [0.29, 0.717) is 64.2 Å². The minimum atomic E-state index is -1.55. The SMILES string of the molecule is CCCC(O)c1ccc(C2CCC(OC(=O)C3CCC(c4ccc(-c5ccc(O)c(F)c5F)c(F)c4F)CC3)CC2)c(F)c1F. The summed E-state index contributed by atoms with van der Waals surface area (Å²) >= 11 is 0. The molecule has 2 aliphatic rings. The van der Waals surface area contributed by atoms with Gasteiger partial charge in [0, 0.05) is 16.7 Å². The van der Waals surface area contributed by atoms with Crippen LogP contribution in [0.1, 0.15) is 106 Å². The zero-order valence-corrected chi connectivity index (χ0v) is 24.9. The first kappa shape index (κ1) is 32.9. The molecule has 2 aliphatic carbocycles. The molecule has 3 aromatic carbocycles. The fourth-order valence-electron chi connectivity index (χ4n) is 6.81. The molecule has 0 spiro atoms. The molecule has 1 unspecified atom stereocenters. The van der Waals surface area contributed by atoms with Gasteiger partial charge >= 0.3 is 5.97 Å². The van der Waals surface area contributed by atoms with E-state index < -0.39 is 63.8 Å². The number of carbonyl (C=O) groups excluding carboxylic acids is 1. The quantitative estimate of drug-likeness (QED) is 0.192. The van der Waals surface area contributed by atoms with E-state index in [1.165, 1.54) is 24.3 Å². The molecule has 45 heavy (non-hydrogen) atoms. The average molecular weight is 635 g/mol. The smallest absolute Gasteiger partial charge is 0.309 e. The summed E-state index contributed by atoms with van der Waals surface area (Å²) < 4.78 is 93.5. The number of hydrogen-bond donors (Lipinski definition) is 2. The van der Waals surface area contributed by atoms with Crippen molar-refractivity contribution in [2.75, 3.05) is 0 Å². The van der Waals surface area contributed by atoms with Crippen molar-refractivity contribution < 1.29 is 46.1 Å². The Morgan fingerprint density at radius 3 is 1.82 bits per heavy atom. The van der Waals surface area contributed by atoms with E-state index in [0.717, 1.165) is 12.1 Å². The number of ether oxygens (including phenoxy) is 1. The van der Waals surface area contributed by atoms with Crippen molar-refractivity contribution in [3.8, 4) is 16.9 Å². The van der Waals surface area contributed by atoms with E-state index in [4.69, 9.17) is 4.74 Å². The molecule has 0 heterocycles. The van der Waals surface area contributed by atoms with E-state index in [2.05, 4.69) is 0 Å². The van der Waals surface area contributed by atoms with Gasteiger partial charge in [-0.2, -0.15) is 4.39 Å². The molecule has 4 nitrogen and oxygen atoms in total. The molecule has 0 amide bonds. The number of aliphatic hydroxyl groups excluding tert-OH is 1. The molecule has 2 fully saturated rings. The Morgan fingerprint density at radius 2 is 1.22 bits per heavy atom. The number of esters is 1. The molecule has 0 aliphatic heterocycles. The van der Waals surface area contributed by atoms with Crippen molar-refractivity contribution in [1.29, 1.82) is 0 Å². The van der Waals surface area contributed by atoms with Crippen LogP contribution in [0.25, 0.3) is 11.1 Å². The maximum atomic E-state index is 15.1. The van der Waals surface area contributed by atoms with Gasteiger partial charge in [0.1, 0.15) is 6.10 Å². The second-order valence-electron chi connectivity index (χ2n) is 12.2. The van der Waals surface area contributed by atoms with Crippen molar-refractivity contribution in [3.05, 3.63) is 88.0 Å². The zero-order chi connectivity index (χ0) is 32.4. The molecular weight excluding hydrogens is 598 g/mol. The Labute approximate surface area is 258 Å². The molecule has 2 N–H and O–H groups in total. The zero-order valence-electron chi connectivity index (χ0n) is 24.9. The van der Waals surface area contributed by atoms with Crippen LogP contribution in [0.2, 0.25) is 0 Å². The lowest BCUT2D eigenvalue weighted by atomic mass is 9.78. The highest BCUT2D eigenvalue weighted by Gasteiger charge is 2.34. The summed E-state index contributed by atoms with van der Waals surface area (Å²) in [7, 11) is 0. The van der Waals surface area contributed by atoms with Crippen LogP contribution in [0.5, 0.6) is 5.75 Å². The van der Waals surface area contributed by atoms with E-state index in [1.807, 2.05) is 6.92 Å². The summed E-state index contributed by atoms with van der Waals surface area (Å²) in [5.74, 6) is -9.77. The van der Waals surface area contributed by atoms with Gasteiger partial charge in [0.2, 0.25) is 5.82 Å². The number of phenols is 1. The average Bonchev–Trinajstić information content (AvgIpc) is 3.03. The second-order valence-corrected chi connectivity index (χ2v) is 12.2. The number of rotatable bonds is 8. The predicted molar refractivity (Wildman–Crippen MR) is 155 cm³/mol. The Balaban J connectivity index is 1.14. The Morgan fingerprint density at radius 1 is 0.711 bits per heavy atom. The number of aromatic hydroxyl groups is 1. The lowest BCUT2D eigenvalue weighted by Crippen LogP contribution is -2.30. The molecule has 10 heteroatoms.